The minimum Gasteiger partial charge on any atom is -0.318 e. The van der Waals surface area contributed by atoms with E-state index in [1.807, 2.05) is 0 Å². The molecule has 1 aromatic rings. The first kappa shape index (κ1) is 13.4. The van der Waals surface area contributed by atoms with Gasteiger partial charge in [0.1, 0.15) is 0 Å². The lowest BCUT2D eigenvalue weighted by Gasteiger charge is -2.41. The molecule has 2 atom stereocenters. The Morgan fingerprint density at radius 1 is 1.33 bits per heavy atom. The van der Waals surface area contributed by atoms with E-state index in [0.717, 1.165) is 6.42 Å². The molecule has 1 heteroatoms. The fraction of sp³-hybridized carbons (Fsp3) is 0.529. The maximum absolute atomic E-state index is 6.75. The average molecular weight is 243 g/mol. The number of rotatable bonds is 2. The van der Waals surface area contributed by atoms with Crippen LogP contribution in [0.15, 0.2) is 36.4 Å². The summed E-state index contributed by atoms with van der Waals surface area (Å²) in [6.45, 7) is 11.0. The fourth-order valence-corrected chi connectivity index (χ4v) is 3.18. The van der Waals surface area contributed by atoms with Crippen LogP contribution in [0.3, 0.4) is 0 Å². The van der Waals surface area contributed by atoms with Gasteiger partial charge in [-0.25, -0.2) is 0 Å². The van der Waals surface area contributed by atoms with E-state index in [0.29, 0.717) is 11.8 Å². The molecule has 18 heavy (non-hydrogen) atoms. The van der Waals surface area contributed by atoms with E-state index in [9.17, 15) is 0 Å². The topological polar surface area (TPSA) is 26.0 Å². The molecule has 1 aromatic carbocycles. The molecule has 98 valence electrons. The van der Waals surface area contributed by atoms with Crippen molar-refractivity contribution in [3.05, 3.63) is 47.5 Å². The molecular formula is C17H25N. The first-order chi connectivity index (χ1) is 8.47. The second-order valence-corrected chi connectivity index (χ2v) is 6.03. The Kier molecular flexibility index (Phi) is 3.63. The van der Waals surface area contributed by atoms with Crippen molar-refractivity contribution in [2.75, 3.05) is 0 Å². The summed E-state index contributed by atoms with van der Waals surface area (Å²) in [5.74, 6) is 1.04. The van der Waals surface area contributed by atoms with Crippen molar-refractivity contribution in [3.63, 3.8) is 0 Å². The zero-order chi connectivity index (χ0) is 13.3. The second-order valence-electron chi connectivity index (χ2n) is 6.03. The van der Waals surface area contributed by atoms with Crippen LogP contribution in [0.25, 0.3) is 0 Å². The average Bonchev–Trinajstić information content (AvgIpc) is 2.36. The molecule has 1 aliphatic rings. The molecule has 0 spiro atoms. The van der Waals surface area contributed by atoms with Crippen LogP contribution >= 0.6 is 0 Å². The number of hydrogen-bond acceptors (Lipinski definition) is 1. The summed E-state index contributed by atoms with van der Waals surface area (Å²) in [4.78, 5) is 0. The summed E-state index contributed by atoms with van der Waals surface area (Å²) in [5, 5.41) is 0. The smallest absolute Gasteiger partial charge is 0.0627 e. The molecule has 0 radical (unpaired) electrons. The molecule has 0 aromatic heterocycles. The van der Waals surface area contributed by atoms with Gasteiger partial charge in [0.15, 0.2) is 0 Å². The standard InChI is InChI=1S/C17H25N/c1-12(2)15-9-5-6-10-16(15)17(18)11-7-8-13(3)14(17)4/h5-6,9-10,12-13H,4,7-8,11,18H2,1-3H3. The lowest BCUT2D eigenvalue weighted by Crippen LogP contribution is -2.43. The maximum atomic E-state index is 6.75. The molecule has 0 heterocycles. The zero-order valence-electron chi connectivity index (χ0n) is 11.9. The number of benzene rings is 1. The van der Waals surface area contributed by atoms with Gasteiger partial charge in [-0.3, -0.25) is 0 Å². The molecule has 1 aliphatic carbocycles. The molecule has 1 nitrogen and oxygen atoms in total. The van der Waals surface area contributed by atoms with E-state index in [4.69, 9.17) is 5.73 Å². The molecule has 2 rings (SSSR count). The Morgan fingerprint density at radius 3 is 2.67 bits per heavy atom. The van der Waals surface area contributed by atoms with E-state index < -0.39 is 0 Å². The predicted molar refractivity (Wildman–Crippen MR) is 78.6 cm³/mol. The van der Waals surface area contributed by atoms with Crippen molar-refractivity contribution in [2.24, 2.45) is 11.7 Å². The highest BCUT2D eigenvalue weighted by atomic mass is 14.8. The molecule has 1 fully saturated rings. The fourth-order valence-electron chi connectivity index (χ4n) is 3.18. The Bertz CT molecular complexity index is 447. The molecular weight excluding hydrogens is 218 g/mol. The van der Waals surface area contributed by atoms with E-state index in [-0.39, 0.29) is 5.54 Å². The third kappa shape index (κ3) is 2.12. The van der Waals surface area contributed by atoms with Crippen LogP contribution in [0.1, 0.15) is 57.1 Å². The van der Waals surface area contributed by atoms with E-state index in [2.05, 4.69) is 51.6 Å². The van der Waals surface area contributed by atoms with E-state index in [1.54, 1.807) is 0 Å². The minimum atomic E-state index is -0.321. The first-order valence-electron chi connectivity index (χ1n) is 7.04. The number of hydrogen-bond donors (Lipinski definition) is 1. The van der Waals surface area contributed by atoms with Gasteiger partial charge in [0, 0.05) is 0 Å². The highest BCUT2D eigenvalue weighted by Crippen LogP contribution is 2.43. The van der Waals surface area contributed by atoms with Crippen molar-refractivity contribution < 1.29 is 0 Å². The highest BCUT2D eigenvalue weighted by molar-refractivity contribution is 5.42. The van der Waals surface area contributed by atoms with Crippen LogP contribution in [0.2, 0.25) is 0 Å². The lowest BCUT2D eigenvalue weighted by molar-refractivity contribution is 0.337. The summed E-state index contributed by atoms with van der Waals surface area (Å²) in [6.07, 6.45) is 3.45. The summed E-state index contributed by atoms with van der Waals surface area (Å²) in [7, 11) is 0. The van der Waals surface area contributed by atoms with Crippen molar-refractivity contribution in [1.82, 2.24) is 0 Å². The molecule has 2 N–H and O–H groups in total. The zero-order valence-corrected chi connectivity index (χ0v) is 11.9. The van der Waals surface area contributed by atoms with E-state index >= 15 is 0 Å². The van der Waals surface area contributed by atoms with Crippen LogP contribution in [0.4, 0.5) is 0 Å². The third-order valence-electron chi connectivity index (χ3n) is 4.44. The normalized spacial score (nSPS) is 28.7. The van der Waals surface area contributed by atoms with Gasteiger partial charge in [-0.15, -0.1) is 0 Å². The summed E-state index contributed by atoms with van der Waals surface area (Å²) in [6, 6.07) is 8.61. The van der Waals surface area contributed by atoms with Crippen LogP contribution in [-0.2, 0) is 5.54 Å². The van der Waals surface area contributed by atoms with Crippen LogP contribution < -0.4 is 5.73 Å². The highest BCUT2D eigenvalue weighted by Gasteiger charge is 2.37. The van der Waals surface area contributed by atoms with Crippen molar-refractivity contribution in [1.29, 1.82) is 0 Å². The van der Waals surface area contributed by atoms with Gasteiger partial charge >= 0.3 is 0 Å². The minimum absolute atomic E-state index is 0.321. The molecule has 0 bridgehead atoms. The lowest BCUT2D eigenvalue weighted by atomic mass is 9.68. The molecule has 0 aliphatic heterocycles. The molecule has 1 saturated carbocycles. The van der Waals surface area contributed by atoms with Gasteiger partial charge in [0.2, 0.25) is 0 Å². The first-order valence-corrected chi connectivity index (χ1v) is 7.04. The summed E-state index contributed by atoms with van der Waals surface area (Å²) < 4.78 is 0. The van der Waals surface area contributed by atoms with Crippen molar-refractivity contribution in [3.8, 4) is 0 Å². The SMILES string of the molecule is C=C1C(C)CCCC1(N)c1ccccc1C(C)C. The van der Waals surface area contributed by atoms with Crippen molar-refractivity contribution >= 4 is 0 Å². The quantitative estimate of drug-likeness (QED) is 0.768. The third-order valence-corrected chi connectivity index (χ3v) is 4.44. The Labute approximate surface area is 111 Å². The Hall–Kier alpha value is -1.08. The van der Waals surface area contributed by atoms with Gasteiger partial charge < -0.3 is 5.73 Å². The van der Waals surface area contributed by atoms with Gasteiger partial charge in [0.25, 0.3) is 0 Å². The summed E-state index contributed by atoms with van der Waals surface area (Å²) >= 11 is 0. The van der Waals surface area contributed by atoms with Crippen LogP contribution in [0.5, 0.6) is 0 Å². The Balaban J connectivity index is 2.49. The second kappa shape index (κ2) is 4.89. The predicted octanol–water partition coefficient (Wildman–Crippen LogP) is 4.34. The van der Waals surface area contributed by atoms with Gasteiger partial charge in [0.05, 0.1) is 5.54 Å². The maximum Gasteiger partial charge on any atom is 0.0627 e. The van der Waals surface area contributed by atoms with Gasteiger partial charge in [-0.05, 0) is 35.8 Å². The summed E-state index contributed by atoms with van der Waals surface area (Å²) in [5.41, 5.74) is 10.3. The number of nitrogens with two attached hydrogens (primary N) is 1. The van der Waals surface area contributed by atoms with Crippen LogP contribution in [0, 0.1) is 5.92 Å². The molecule has 2 unspecified atom stereocenters. The molecule has 0 saturated heterocycles. The van der Waals surface area contributed by atoms with Gasteiger partial charge in [-0.2, -0.15) is 0 Å². The Morgan fingerprint density at radius 2 is 2.00 bits per heavy atom. The van der Waals surface area contributed by atoms with E-state index in [1.165, 1.54) is 29.5 Å². The van der Waals surface area contributed by atoms with Crippen molar-refractivity contribution in [2.45, 2.75) is 51.5 Å². The molecule has 0 amide bonds. The van der Waals surface area contributed by atoms with Gasteiger partial charge in [-0.1, -0.05) is 63.6 Å². The largest absolute Gasteiger partial charge is 0.318 e. The monoisotopic (exact) mass is 243 g/mol. The van der Waals surface area contributed by atoms with Crippen LogP contribution in [-0.4, -0.2) is 0 Å².